The highest BCUT2D eigenvalue weighted by Gasteiger charge is 2.65. The van der Waals surface area contributed by atoms with E-state index in [4.69, 9.17) is 4.52 Å². The summed E-state index contributed by atoms with van der Waals surface area (Å²) < 4.78 is 47.5. The first kappa shape index (κ1) is 19.4. The van der Waals surface area contributed by atoms with Gasteiger partial charge in [0.05, 0.1) is 6.07 Å². The van der Waals surface area contributed by atoms with E-state index in [1.54, 1.807) is 12.1 Å². The monoisotopic (exact) mass is 405 g/mol. The number of hydrogen-bond acceptors (Lipinski definition) is 6. The van der Waals surface area contributed by atoms with E-state index in [1.165, 1.54) is 12.4 Å². The van der Waals surface area contributed by atoms with Gasteiger partial charge in [0.1, 0.15) is 5.41 Å². The Bertz CT molecular complexity index is 962. The quantitative estimate of drug-likeness (QED) is 0.779. The molecule has 4 rings (SSSR count). The van der Waals surface area contributed by atoms with E-state index in [0.29, 0.717) is 18.4 Å². The van der Waals surface area contributed by atoms with Crippen LogP contribution < -0.4 is 0 Å². The fourth-order valence-electron chi connectivity index (χ4n) is 4.29. The largest absolute Gasteiger partial charge is 0.405 e. The number of aromatic nitrogens is 3. The molecule has 1 atom stereocenters. The van der Waals surface area contributed by atoms with E-state index in [1.807, 2.05) is 13.0 Å². The molecule has 7 nitrogen and oxygen atoms in total. The minimum absolute atomic E-state index is 0.0251. The van der Waals surface area contributed by atoms with Gasteiger partial charge in [0.25, 0.3) is 0 Å². The minimum Gasteiger partial charge on any atom is -0.340 e. The van der Waals surface area contributed by atoms with E-state index < -0.39 is 41.8 Å². The van der Waals surface area contributed by atoms with Crippen molar-refractivity contribution in [3.63, 3.8) is 0 Å². The van der Waals surface area contributed by atoms with Crippen LogP contribution >= 0.6 is 0 Å². The highest BCUT2D eigenvalue weighted by atomic mass is 19.4. The Balaban J connectivity index is 1.64. The Kier molecular flexibility index (Phi) is 4.37. The standard InChI is InChI=1S/C19H18F3N5O2/c1-12-8-17(9-12,10-23)16(28)27-7-4-18(11-27,19(20,21)22)15-25-14(26-29-15)13-2-5-24-6-3-13/h2-3,5-6,12H,4,7-9,11H2,1H3. The molecule has 1 aliphatic carbocycles. The maximum Gasteiger partial charge on any atom is 0.405 e. The third-order valence-electron chi connectivity index (χ3n) is 5.89. The number of amides is 1. The summed E-state index contributed by atoms with van der Waals surface area (Å²) in [4.78, 5) is 21.8. The molecule has 1 saturated carbocycles. The van der Waals surface area contributed by atoms with Gasteiger partial charge in [-0.3, -0.25) is 9.78 Å². The summed E-state index contributed by atoms with van der Waals surface area (Å²) in [5.74, 6) is -0.886. The fourth-order valence-corrected chi connectivity index (χ4v) is 4.29. The number of rotatable bonds is 3. The molecule has 0 bridgehead atoms. The van der Waals surface area contributed by atoms with Gasteiger partial charge in [-0.1, -0.05) is 12.1 Å². The summed E-state index contributed by atoms with van der Waals surface area (Å²) in [6, 6.07) is 5.15. The lowest BCUT2D eigenvalue weighted by Gasteiger charge is -2.41. The Morgan fingerprint density at radius 2 is 2.03 bits per heavy atom. The van der Waals surface area contributed by atoms with Gasteiger partial charge in [-0.15, -0.1) is 0 Å². The number of carbonyl (C=O) groups excluding carboxylic acids is 1. The molecular weight excluding hydrogens is 387 g/mol. The van der Waals surface area contributed by atoms with E-state index >= 15 is 0 Å². The number of alkyl halides is 3. The van der Waals surface area contributed by atoms with Crippen molar-refractivity contribution >= 4 is 5.91 Å². The van der Waals surface area contributed by atoms with Crippen molar-refractivity contribution in [2.75, 3.05) is 13.1 Å². The van der Waals surface area contributed by atoms with Crippen LogP contribution in [0.25, 0.3) is 11.4 Å². The van der Waals surface area contributed by atoms with E-state index in [-0.39, 0.29) is 18.3 Å². The fraction of sp³-hybridized carbons (Fsp3) is 0.526. The molecule has 1 saturated heterocycles. The second-order valence-corrected chi connectivity index (χ2v) is 7.92. The third kappa shape index (κ3) is 2.96. The predicted octanol–water partition coefficient (Wildman–Crippen LogP) is 3.10. The Hall–Kier alpha value is -2.96. The van der Waals surface area contributed by atoms with Crippen LogP contribution in [0.15, 0.2) is 29.0 Å². The molecule has 0 spiro atoms. The summed E-state index contributed by atoms with van der Waals surface area (Å²) in [7, 11) is 0. The van der Waals surface area contributed by atoms with Crippen LogP contribution in [-0.4, -0.2) is 45.2 Å². The molecule has 1 unspecified atom stereocenters. The minimum atomic E-state index is -4.70. The van der Waals surface area contributed by atoms with Crippen molar-refractivity contribution in [3.05, 3.63) is 30.4 Å². The molecule has 2 aromatic rings. The van der Waals surface area contributed by atoms with Crippen molar-refractivity contribution in [1.82, 2.24) is 20.0 Å². The average Bonchev–Trinajstić information content (AvgIpc) is 3.33. The Morgan fingerprint density at radius 3 is 2.62 bits per heavy atom. The first-order chi connectivity index (χ1) is 13.7. The van der Waals surface area contributed by atoms with Crippen LogP contribution in [0.4, 0.5) is 13.2 Å². The number of nitrogens with zero attached hydrogens (tertiary/aromatic N) is 5. The smallest absolute Gasteiger partial charge is 0.340 e. The summed E-state index contributed by atoms with van der Waals surface area (Å²) in [5, 5.41) is 13.1. The summed E-state index contributed by atoms with van der Waals surface area (Å²) >= 11 is 0. The Labute approximate surface area is 164 Å². The van der Waals surface area contributed by atoms with Gasteiger partial charge >= 0.3 is 6.18 Å². The van der Waals surface area contributed by atoms with Gasteiger partial charge in [0.2, 0.25) is 17.6 Å². The molecular formula is C19H18F3N5O2. The number of nitriles is 1. The highest BCUT2D eigenvalue weighted by molar-refractivity contribution is 5.87. The van der Waals surface area contributed by atoms with Crippen LogP contribution in [0.2, 0.25) is 0 Å². The Morgan fingerprint density at radius 1 is 1.34 bits per heavy atom. The molecule has 0 aromatic carbocycles. The highest BCUT2D eigenvalue weighted by Crippen LogP contribution is 2.51. The molecule has 0 radical (unpaired) electrons. The van der Waals surface area contributed by atoms with Crippen molar-refractivity contribution in [2.24, 2.45) is 11.3 Å². The number of hydrogen-bond donors (Lipinski definition) is 0. The molecule has 3 heterocycles. The van der Waals surface area contributed by atoms with Crippen molar-refractivity contribution < 1.29 is 22.5 Å². The average molecular weight is 405 g/mol. The summed E-state index contributed by atoms with van der Waals surface area (Å²) in [6.07, 6.45) is -1.41. The van der Waals surface area contributed by atoms with E-state index in [2.05, 4.69) is 15.1 Å². The lowest BCUT2D eigenvalue weighted by atomic mass is 9.63. The zero-order valence-electron chi connectivity index (χ0n) is 15.6. The summed E-state index contributed by atoms with van der Waals surface area (Å²) in [6.45, 7) is 1.15. The number of pyridine rings is 1. The predicted molar refractivity (Wildman–Crippen MR) is 92.9 cm³/mol. The van der Waals surface area contributed by atoms with Crippen LogP contribution in [0.1, 0.15) is 32.1 Å². The first-order valence-electron chi connectivity index (χ1n) is 9.23. The van der Waals surface area contributed by atoms with Gasteiger partial charge in [0.15, 0.2) is 5.41 Å². The zero-order valence-corrected chi connectivity index (χ0v) is 15.6. The van der Waals surface area contributed by atoms with Gasteiger partial charge < -0.3 is 9.42 Å². The molecule has 2 aromatic heterocycles. The maximum atomic E-state index is 14.1. The van der Waals surface area contributed by atoms with Crippen LogP contribution in [0, 0.1) is 22.7 Å². The maximum absolute atomic E-state index is 14.1. The topological polar surface area (TPSA) is 95.9 Å². The second kappa shape index (κ2) is 6.54. The molecule has 1 amide bonds. The number of likely N-dealkylation sites (tertiary alicyclic amines) is 1. The molecule has 2 fully saturated rings. The van der Waals surface area contributed by atoms with Gasteiger partial charge in [0, 0.05) is 31.0 Å². The SMILES string of the molecule is CC1CC(C#N)(C(=O)N2CCC(c3nc(-c4ccncc4)no3)(C(F)(F)F)C2)C1. The van der Waals surface area contributed by atoms with E-state index in [0.717, 1.165) is 4.90 Å². The lowest BCUT2D eigenvalue weighted by molar-refractivity contribution is -0.194. The molecule has 0 N–H and O–H groups in total. The number of carbonyl (C=O) groups is 1. The van der Waals surface area contributed by atoms with Gasteiger partial charge in [-0.2, -0.15) is 23.4 Å². The summed E-state index contributed by atoms with van der Waals surface area (Å²) in [5.41, 5.74) is -3.20. The van der Waals surface area contributed by atoms with Crippen LogP contribution in [-0.2, 0) is 10.2 Å². The number of halogens is 3. The van der Waals surface area contributed by atoms with Crippen molar-refractivity contribution in [2.45, 2.75) is 37.8 Å². The molecule has 1 aliphatic heterocycles. The molecule has 152 valence electrons. The molecule has 10 heteroatoms. The molecule has 29 heavy (non-hydrogen) atoms. The normalized spacial score (nSPS) is 29.3. The van der Waals surface area contributed by atoms with Gasteiger partial charge in [-0.05, 0) is 37.3 Å². The van der Waals surface area contributed by atoms with Crippen molar-refractivity contribution in [3.8, 4) is 17.5 Å². The van der Waals surface area contributed by atoms with Crippen LogP contribution in [0.5, 0.6) is 0 Å². The van der Waals surface area contributed by atoms with E-state index in [9.17, 15) is 23.2 Å². The van der Waals surface area contributed by atoms with Crippen molar-refractivity contribution in [1.29, 1.82) is 5.26 Å². The third-order valence-corrected chi connectivity index (χ3v) is 5.89. The first-order valence-corrected chi connectivity index (χ1v) is 9.23. The zero-order chi connectivity index (χ0) is 20.9. The van der Waals surface area contributed by atoms with Crippen LogP contribution in [0.3, 0.4) is 0 Å². The lowest BCUT2D eigenvalue weighted by Crippen LogP contribution is -2.51. The van der Waals surface area contributed by atoms with Gasteiger partial charge in [-0.25, -0.2) is 0 Å². The molecule has 2 aliphatic rings. The second-order valence-electron chi connectivity index (χ2n) is 7.92.